The third kappa shape index (κ3) is 5.14. The van der Waals surface area contributed by atoms with E-state index >= 15 is 0 Å². The van der Waals surface area contributed by atoms with Crippen molar-refractivity contribution in [2.45, 2.75) is 32.1 Å². The predicted octanol–water partition coefficient (Wildman–Crippen LogP) is 3.96. The highest BCUT2D eigenvalue weighted by atomic mass is 35.5. The van der Waals surface area contributed by atoms with Crippen molar-refractivity contribution < 1.29 is 22.7 Å². The van der Waals surface area contributed by atoms with Crippen LogP contribution in [0.25, 0.3) is 0 Å². The number of nitrogens with one attached hydrogen (secondary N) is 1. The topological polar surface area (TPSA) is 84.9 Å². The number of hydrogen-bond acceptors (Lipinski definition) is 5. The third-order valence-corrected chi connectivity index (χ3v) is 7.44. The average Bonchev–Trinajstić information content (AvgIpc) is 2.75. The van der Waals surface area contributed by atoms with Gasteiger partial charge in [-0.25, -0.2) is 8.42 Å². The van der Waals surface area contributed by atoms with E-state index in [2.05, 4.69) is 5.32 Å². The molecule has 1 heterocycles. The fraction of sp³-hybridized carbons (Fsp3) is 0.409. The molecule has 0 saturated heterocycles. The lowest BCUT2D eigenvalue weighted by molar-refractivity contribution is -0.121. The monoisotopic (exact) mass is 466 g/mol. The number of carbonyl (C=O) groups is 1. The maximum atomic E-state index is 13.1. The molecule has 1 unspecified atom stereocenters. The minimum atomic E-state index is -3.76. The van der Waals surface area contributed by atoms with Crippen LogP contribution in [-0.4, -0.2) is 44.9 Å². The summed E-state index contributed by atoms with van der Waals surface area (Å²) in [6.45, 7) is 6.58. The molecule has 0 fully saturated rings. The molecule has 7 nitrogen and oxygen atoms in total. The molecule has 0 radical (unpaired) electrons. The first-order chi connectivity index (χ1) is 14.8. The number of ether oxygens (including phenoxy) is 2. The van der Waals surface area contributed by atoms with Crippen molar-refractivity contribution in [3.8, 4) is 11.5 Å². The maximum Gasteiger partial charge on any atom is 0.246 e. The largest absolute Gasteiger partial charge is 0.492 e. The first-order valence-electron chi connectivity index (χ1n) is 10.3. The van der Waals surface area contributed by atoms with Crippen molar-refractivity contribution >= 4 is 33.2 Å². The number of anilines is 1. The van der Waals surface area contributed by atoms with E-state index in [9.17, 15) is 13.2 Å². The number of benzene rings is 2. The van der Waals surface area contributed by atoms with Crippen LogP contribution in [0.1, 0.15) is 26.3 Å². The molecule has 1 atom stereocenters. The number of hydrogen-bond donors (Lipinski definition) is 1. The molecule has 0 aliphatic carbocycles. The average molecular weight is 467 g/mol. The quantitative estimate of drug-likeness (QED) is 0.636. The fourth-order valence-corrected chi connectivity index (χ4v) is 5.35. The smallest absolute Gasteiger partial charge is 0.246 e. The molecule has 0 spiro atoms. The summed E-state index contributed by atoms with van der Waals surface area (Å²) >= 11 is 6.05. The molecule has 31 heavy (non-hydrogen) atoms. The summed E-state index contributed by atoms with van der Waals surface area (Å²) in [5, 5.41) is 3.41. The summed E-state index contributed by atoms with van der Waals surface area (Å²) in [5.41, 5.74) is 1.26. The van der Waals surface area contributed by atoms with E-state index in [1.54, 1.807) is 51.1 Å². The van der Waals surface area contributed by atoms with Gasteiger partial charge < -0.3 is 14.8 Å². The molecule has 168 valence electrons. The Kier molecular flexibility index (Phi) is 7.46. The number of rotatable bonds is 8. The van der Waals surface area contributed by atoms with E-state index < -0.39 is 15.9 Å². The van der Waals surface area contributed by atoms with Crippen LogP contribution >= 0.6 is 11.6 Å². The van der Waals surface area contributed by atoms with Gasteiger partial charge >= 0.3 is 0 Å². The molecule has 2 aromatic rings. The highest BCUT2D eigenvalue weighted by Gasteiger charge is 2.29. The van der Waals surface area contributed by atoms with Gasteiger partial charge in [0.15, 0.2) is 0 Å². The van der Waals surface area contributed by atoms with Crippen LogP contribution in [0.15, 0.2) is 41.3 Å². The summed E-state index contributed by atoms with van der Waals surface area (Å²) in [7, 11) is -3.76. The van der Waals surface area contributed by atoms with Crippen LogP contribution in [0.5, 0.6) is 11.5 Å². The molecular weight excluding hydrogens is 440 g/mol. The minimum Gasteiger partial charge on any atom is -0.492 e. The van der Waals surface area contributed by atoms with Crippen LogP contribution in [0.4, 0.5) is 5.69 Å². The molecular formula is C22H27ClN2O5S. The van der Waals surface area contributed by atoms with Crippen LogP contribution in [0, 0.1) is 5.92 Å². The van der Waals surface area contributed by atoms with Gasteiger partial charge in [0, 0.05) is 23.8 Å². The zero-order valence-electron chi connectivity index (χ0n) is 17.9. The Bertz CT molecular complexity index is 1050. The first kappa shape index (κ1) is 23.4. The van der Waals surface area contributed by atoms with E-state index in [4.69, 9.17) is 21.1 Å². The summed E-state index contributed by atoms with van der Waals surface area (Å²) in [6.07, 6.45) is 0.489. The van der Waals surface area contributed by atoms with Crippen LogP contribution in [-0.2, 0) is 21.2 Å². The second-order valence-electron chi connectivity index (χ2n) is 7.14. The van der Waals surface area contributed by atoms with Gasteiger partial charge in [0.1, 0.15) is 23.0 Å². The Hall–Kier alpha value is -2.29. The van der Waals surface area contributed by atoms with Crippen molar-refractivity contribution in [3.05, 3.63) is 47.0 Å². The highest BCUT2D eigenvalue weighted by molar-refractivity contribution is 7.89. The lowest BCUT2D eigenvalue weighted by atomic mass is 9.96. The molecule has 1 aliphatic rings. The van der Waals surface area contributed by atoms with Crippen molar-refractivity contribution in [1.29, 1.82) is 0 Å². The Morgan fingerprint density at radius 2 is 1.94 bits per heavy atom. The van der Waals surface area contributed by atoms with Gasteiger partial charge in [-0.1, -0.05) is 25.4 Å². The molecule has 0 bridgehead atoms. The van der Waals surface area contributed by atoms with Gasteiger partial charge in [-0.05, 0) is 55.3 Å². The van der Waals surface area contributed by atoms with E-state index in [0.29, 0.717) is 36.8 Å². The summed E-state index contributed by atoms with van der Waals surface area (Å²) in [4.78, 5) is 12.9. The highest BCUT2D eigenvalue weighted by Crippen LogP contribution is 2.32. The molecule has 0 aromatic heterocycles. The van der Waals surface area contributed by atoms with Gasteiger partial charge in [-0.2, -0.15) is 4.31 Å². The standard InChI is InChI=1S/C22H27ClN2O5S/c1-4-25(5-2)31(27,28)21-13-18(8-10-20(21)29-6-3)24-22(26)16-11-15-12-17(23)7-9-19(15)30-14-16/h7-10,12-13,16H,4-6,11,14H2,1-3H3,(H,24,26). The number of halogens is 1. The molecule has 9 heteroatoms. The minimum absolute atomic E-state index is 0.0351. The van der Waals surface area contributed by atoms with Crippen molar-refractivity contribution in [2.24, 2.45) is 5.92 Å². The van der Waals surface area contributed by atoms with E-state index in [0.717, 1.165) is 11.3 Å². The Labute approximate surface area is 188 Å². The van der Waals surface area contributed by atoms with Crippen molar-refractivity contribution in [1.82, 2.24) is 4.31 Å². The molecule has 1 amide bonds. The SMILES string of the molecule is CCOc1ccc(NC(=O)C2COc3ccc(Cl)cc3C2)cc1S(=O)(=O)N(CC)CC. The summed E-state index contributed by atoms with van der Waals surface area (Å²) in [6, 6.07) is 9.99. The Morgan fingerprint density at radius 1 is 1.19 bits per heavy atom. The molecule has 2 aromatic carbocycles. The van der Waals surface area contributed by atoms with E-state index in [1.165, 1.54) is 10.4 Å². The first-order valence-corrected chi connectivity index (χ1v) is 12.1. The van der Waals surface area contributed by atoms with Gasteiger partial charge in [-0.15, -0.1) is 0 Å². The van der Waals surface area contributed by atoms with E-state index in [-0.39, 0.29) is 23.2 Å². The third-order valence-electron chi connectivity index (χ3n) is 5.13. The van der Waals surface area contributed by atoms with Gasteiger partial charge in [0.2, 0.25) is 15.9 Å². The van der Waals surface area contributed by atoms with Crippen molar-refractivity contribution in [3.63, 3.8) is 0 Å². The van der Waals surface area contributed by atoms with Gasteiger partial charge in [0.25, 0.3) is 0 Å². The molecule has 1 aliphatic heterocycles. The second kappa shape index (κ2) is 9.89. The van der Waals surface area contributed by atoms with E-state index in [1.807, 2.05) is 0 Å². The Morgan fingerprint density at radius 3 is 2.61 bits per heavy atom. The molecule has 3 rings (SSSR count). The van der Waals surface area contributed by atoms with Crippen LogP contribution in [0.2, 0.25) is 5.02 Å². The predicted molar refractivity (Wildman–Crippen MR) is 120 cm³/mol. The second-order valence-corrected chi connectivity index (χ2v) is 9.48. The lowest BCUT2D eigenvalue weighted by Crippen LogP contribution is -2.33. The molecule has 0 saturated carbocycles. The number of nitrogens with zero attached hydrogens (tertiary/aromatic N) is 1. The summed E-state index contributed by atoms with van der Waals surface area (Å²) < 4.78 is 38.8. The zero-order chi connectivity index (χ0) is 22.6. The van der Waals surface area contributed by atoms with Gasteiger partial charge in [0.05, 0.1) is 12.5 Å². The normalized spacial score (nSPS) is 15.8. The van der Waals surface area contributed by atoms with Crippen molar-refractivity contribution in [2.75, 3.05) is 31.6 Å². The summed E-state index contributed by atoms with van der Waals surface area (Å²) in [5.74, 6) is 0.320. The maximum absolute atomic E-state index is 13.1. The number of fused-ring (bicyclic) bond motifs is 1. The Balaban J connectivity index is 1.84. The van der Waals surface area contributed by atoms with Crippen LogP contribution < -0.4 is 14.8 Å². The van der Waals surface area contributed by atoms with Gasteiger partial charge in [-0.3, -0.25) is 4.79 Å². The lowest BCUT2D eigenvalue weighted by Gasteiger charge is -2.25. The van der Waals surface area contributed by atoms with Crippen LogP contribution in [0.3, 0.4) is 0 Å². The number of carbonyl (C=O) groups excluding carboxylic acids is 1. The fourth-order valence-electron chi connectivity index (χ4n) is 3.54. The number of sulfonamides is 1. The number of amides is 1. The molecule has 1 N–H and O–H groups in total. The zero-order valence-corrected chi connectivity index (χ0v) is 19.4.